The lowest BCUT2D eigenvalue weighted by molar-refractivity contribution is 0.376. The normalized spacial score (nSPS) is 14.8. The molecule has 1 aromatic heterocycles. The van der Waals surface area contributed by atoms with Gasteiger partial charge in [-0.25, -0.2) is 0 Å². The summed E-state index contributed by atoms with van der Waals surface area (Å²) in [5, 5.41) is 7.85. The molecular formula is C20H26IN3S. The molecule has 0 radical (unpaired) electrons. The molecule has 0 unspecified atom stereocenters. The Morgan fingerprint density at radius 3 is 2.60 bits per heavy atom. The molecule has 3 nitrogen and oxygen atoms in total. The second kappa shape index (κ2) is 10.6. The average molecular weight is 467 g/mol. The fraction of sp³-hybridized carbons (Fsp3) is 0.350. The molecule has 1 aliphatic rings. The molecule has 1 aromatic carbocycles. The predicted octanol–water partition coefficient (Wildman–Crippen LogP) is 4.66. The van der Waals surface area contributed by atoms with Crippen LogP contribution in [0, 0.1) is 0 Å². The highest BCUT2D eigenvalue weighted by atomic mass is 127. The largest absolute Gasteiger partial charge is 0.356 e. The number of nitrogens with zero attached hydrogens (tertiary/aromatic N) is 2. The zero-order valence-corrected chi connectivity index (χ0v) is 17.8. The molecule has 2 heterocycles. The third kappa shape index (κ3) is 6.15. The number of piperidine rings is 1. The molecular weight excluding hydrogens is 441 g/mol. The number of hydrogen-bond donors (Lipinski definition) is 1. The molecule has 0 saturated carbocycles. The molecule has 25 heavy (non-hydrogen) atoms. The van der Waals surface area contributed by atoms with Crippen molar-refractivity contribution in [1.82, 2.24) is 10.2 Å². The van der Waals surface area contributed by atoms with Gasteiger partial charge in [-0.15, -0.1) is 24.0 Å². The monoisotopic (exact) mass is 467 g/mol. The second-order valence-electron chi connectivity index (χ2n) is 6.06. The summed E-state index contributed by atoms with van der Waals surface area (Å²) in [6.07, 6.45) is 5.61. The summed E-state index contributed by atoms with van der Waals surface area (Å²) >= 11 is 1.76. The summed E-state index contributed by atoms with van der Waals surface area (Å²) in [5.41, 5.74) is 4.24. The van der Waals surface area contributed by atoms with E-state index in [2.05, 4.69) is 68.4 Å². The van der Waals surface area contributed by atoms with Crippen LogP contribution in [0.2, 0.25) is 0 Å². The number of guanidine groups is 1. The van der Waals surface area contributed by atoms with Crippen molar-refractivity contribution in [2.45, 2.75) is 19.3 Å². The maximum atomic E-state index is 4.45. The average Bonchev–Trinajstić information content (AvgIpc) is 3.14. The standard InChI is InChI=1S/C20H25N3S.HI/c1-21-20(22-11-7-19-10-14-24-16-19)23-12-8-18(9-13-23)15-17-5-3-2-4-6-17;/h2-6,10,14-16H,7-9,11-13H2,1H3,(H,21,22);1H. The van der Waals surface area contributed by atoms with Crippen LogP contribution in [0.4, 0.5) is 0 Å². The zero-order chi connectivity index (χ0) is 16.6. The second-order valence-corrected chi connectivity index (χ2v) is 6.84. The minimum absolute atomic E-state index is 0. The Kier molecular flexibility index (Phi) is 8.48. The van der Waals surface area contributed by atoms with E-state index in [9.17, 15) is 0 Å². The van der Waals surface area contributed by atoms with E-state index in [4.69, 9.17) is 0 Å². The molecule has 2 aromatic rings. The molecule has 0 amide bonds. The van der Waals surface area contributed by atoms with E-state index in [0.29, 0.717) is 0 Å². The summed E-state index contributed by atoms with van der Waals surface area (Å²) in [6.45, 7) is 3.01. The van der Waals surface area contributed by atoms with Gasteiger partial charge in [-0.2, -0.15) is 11.3 Å². The predicted molar refractivity (Wildman–Crippen MR) is 120 cm³/mol. The lowest BCUT2D eigenvalue weighted by atomic mass is 10.0. The Hall–Kier alpha value is -1.34. The van der Waals surface area contributed by atoms with Crippen LogP contribution < -0.4 is 5.32 Å². The summed E-state index contributed by atoms with van der Waals surface area (Å²) in [4.78, 5) is 6.83. The molecule has 0 spiro atoms. The molecule has 3 rings (SSSR count). The highest BCUT2D eigenvalue weighted by Gasteiger charge is 2.16. The molecule has 134 valence electrons. The van der Waals surface area contributed by atoms with Crippen LogP contribution in [-0.4, -0.2) is 37.5 Å². The van der Waals surface area contributed by atoms with Gasteiger partial charge in [-0.3, -0.25) is 4.99 Å². The van der Waals surface area contributed by atoms with Gasteiger partial charge >= 0.3 is 0 Å². The first-order chi connectivity index (χ1) is 11.8. The van der Waals surface area contributed by atoms with Crippen molar-refractivity contribution in [1.29, 1.82) is 0 Å². The SMILES string of the molecule is CN=C(NCCc1ccsc1)N1CCC(=Cc2ccccc2)CC1.I. The van der Waals surface area contributed by atoms with Gasteiger partial charge in [0.15, 0.2) is 5.96 Å². The van der Waals surface area contributed by atoms with Gasteiger partial charge in [-0.05, 0) is 47.2 Å². The van der Waals surface area contributed by atoms with Crippen LogP contribution in [0.3, 0.4) is 0 Å². The van der Waals surface area contributed by atoms with Crippen molar-refractivity contribution in [3.05, 3.63) is 63.9 Å². The van der Waals surface area contributed by atoms with Crippen LogP contribution in [-0.2, 0) is 6.42 Å². The molecule has 0 bridgehead atoms. The van der Waals surface area contributed by atoms with Crippen molar-refractivity contribution < 1.29 is 0 Å². The Balaban J connectivity index is 0.00000225. The van der Waals surface area contributed by atoms with E-state index in [1.165, 1.54) is 16.7 Å². The molecule has 0 aliphatic carbocycles. The van der Waals surface area contributed by atoms with Crippen molar-refractivity contribution >= 4 is 47.3 Å². The molecule has 1 fully saturated rings. The lowest BCUT2D eigenvalue weighted by Crippen LogP contribution is -2.45. The van der Waals surface area contributed by atoms with Crippen LogP contribution in [0.25, 0.3) is 6.08 Å². The van der Waals surface area contributed by atoms with E-state index in [1.807, 2.05) is 7.05 Å². The maximum absolute atomic E-state index is 4.45. The Morgan fingerprint density at radius 2 is 1.96 bits per heavy atom. The number of halogens is 1. The highest BCUT2D eigenvalue weighted by Crippen LogP contribution is 2.19. The molecule has 1 aliphatic heterocycles. The third-order valence-corrected chi connectivity index (χ3v) is 5.10. The van der Waals surface area contributed by atoms with Gasteiger partial charge in [-0.1, -0.05) is 42.0 Å². The van der Waals surface area contributed by atoms with Gasteiger partial charge in [0.2, 0.25) is 0 Å². The van der Waals surface area contributed by atoms with E-state index < -0.39 is 0 Å². The first kappa shape index (κ1) is 20.0. The van der Waals surface area contributed by atoms with Gasteiger partial charge < -0.3 is 10.2 Å². The minimum Gasteiger partial charge on any atom is -0.356 e. The number of nitrogens with one attached hydrogen (secondary N) is 1. The summed E-state index contributed by atoms with van der Waals surface area (Å²) in [7, 11) is 1.88. The van der Waals surface area contributed by atoms with E-state index in [1.54, 1.807) is 11.3 Å². The number of aliphatic imine (C=N–C) groups is 1. The van der Waals surface area contributed by atoms with Crippen molar-refractivity contribution in [3.8, 4) is 0 Å². The molecule has 5 heteroatoms. The van der Waals surface area contributed by atoms with Gasteiger partial charge in [0, 0.05) is 26.7 Å². The molecule has 1 N–H and O–H groups in total. The first-order valence-corrected chi connectivity index (χ1v) is 9.50. The van der Waals surface area contributed by atoms with Gasteiger partial charge in [0.25, 0.3) is 0 Å². The Bertz CT molecular complexity index is 670. The Morgan fingerprint density at radius 1 is 1.20 bits per heavy atom. The molecule has 0 atom stereocenters. The maximum Gasteiger partial charge on any atom is 0.193 e. The Labute approximate surface area is 171 Å². The minimum atomic E-state index is 0. The van der Waals surface area contributed by atoms with Gasteiger partial charge in [0.1, 0.15) is 0 Å². The number of rotatable bonds is 4. The number of benzene rings is 1. The number of likely N-dealkylation sites (tertiary alicyclic amines) is 1. The van der Waals surface area contributed by atoms with Crippen LogP contribution in [0.5, 0.6) is 0 Å². The number of thiophene rings is 1. The van der Waals surface area contributed by atoms with Crippen molar-refractivity contribution in [3.63, 3.8) is 0 Å². The summed E-state index contributed by atoms with van der Waals surface area (Å²) in [6, 6.07) is 12.8. The highest BCUT2D eigenvalue weighted by molar-refractivity contribution is 14.0. The number of hydrogen-bond acceptors (Lipinski definition) is 2. The summed E-state index contributed by atoms with van der Waals surface area (Å²) in [5.74, 6) is 1.03. The van der Waals surface area contributed by atoms with Crippen molar-refractivity contribution in [2.75, 3.05) is 26.7 Å². The quantitative estimate of drug-likeness (QED) is 0.402. The van der Waals surface area contributed by atoms with E-state index in [-0.39, 0.29) is 24.0 Å². The van der Waals surface area contributed by atoms with Crippen LogP contribution in [0.15, 0.2) is 57.7 Å². The van der Waals surface area contributed by atoms with Crippen LogP contribution in [0.1, 0.15) is 24.0 Å². The van der Waals surface area contributed by atoms with E-state index >= 15 is 0 Å². The van der Waals surface area contributed by atoms with Gasteiger partial charge in [0.05, 0.1) is 0 Å². The zero-order valence-electron chi connectivity index (χ0n) is 14.6. The fourth-order valence-electron chi connectivity index (χ4n) is 3.02. The topological polar surface area (TPSA) is 27.6 Å². The smallest absolute Gasteiger partial charge is 0.193 e. The fourth-order valence-corrected chi connectivity index (χ4v) is 3.72. The van der Waals surface area contributed by atoms with Crippen molar-refractivity contribution in [2.24, 2.45) is 4.99 Å². The van der Waals surface area contributed by atoms with Crippen LogP contribution >= 0.6 is 35.3 Å². The third-order valence-electron chi connectivity index (χ3n) is 4.36. The summed E-state index contributed by atoms with van der Waals surface area (Å²) < 4.78 is 0. The van der Waals surface area contributed by atoms with E-state index in [0.717, 1.165) is 44.9 Å². The lowest BCUT2D eigenvalue weighted by Gasteiger charge is -2.31. The molecule has 1 saturated heterocycles. The first-order valence-electron chi connectivity index (χ1n) is 8.56.